The molecule has 3 aliphatic heterocycles. The number of benzene rings is 1. The van der Waals surface area contributed by atoms with Crippen LogP contribution in [-0.2, 0) is 7.05 Å². The van der Waals surface area contributed by atoms with Crippen LogP contribution in [0.15, 0.2) is 18.2 Å². The Kier molecular flexibility index (Phi) is 3.76. The van der Waals surface area contributed by atoms with Crippen LogP contribution < -0.4 is 10.1 Å². The minimum atomic E-state index is 0.0464. The van der Waals surface area contributed by atoms with Gasteiger partial charge in [0.1, 0.15) is 5.75 Å². The lowest BCUT2D eigenvalue weighted by Crippen LogP contribution is -2.57. The molecule has 5 rings (SSSR count). The lowest BCUT2D eigenvalue weighted by molar-refractivity contribution is 0.0621. The van der Waals surface area contributed by atoms with Crippen LogP contribution in [0.4, 0.5) is 0 Å². The number of hydrogen-bond donors (Lipinski definition) is 1. The Morgan fingerprint density at radius 3 is 2.67 bits per heavy atom. The van der Waals surface area contributed by atoms with E-state index in [1.54, 1.807) is 7.11 Å². The molecule has 2 bridgehead atoms. The molecule has 1 atom stereocenters. The predicted molar refractivity (Wildman–Crippen MR) is 94.6 cm³/mol. The molecule has 5 heteroatoms. The second-order valence-electron chi connectivity index (χ2n) is 7.12. The zero-order valence-electron chi connectivity index (χ0n) is 14.6. The third-order valence-electron chi connectivity index (χ3n) is 5.90. The molecule has 2 aromatic rings. The van der Waals surface area contributed by atoms with Crippen LogP contribution in [0.3, 0.4) is 0 Å². The maximum atomic E-state index is 13.1. The maximum Gasteiger partial charge on any atom is 0.254 e. The molecule has 4 heterocycles. The van der Waals surface area contributed by atoms with Crippen LogP contribution in [0.2, 0.25) is 0 Å². The summed E-state index contributed by atoms with van der Waals surface area (Å²) in [4.78, 5) is 15.5. The number of nitrogens with zero attached hydrogens (tertiary/aromatic N) is 2. The van der Waals surface area contributed by atoms with Gasteiger partial charge in [0.25, 0.3) is 5.91 Å². The third kappa shape index (κ3) is 2.38. The van der Waals surface area contributed by atoms with E-state index < -0.39 is 0 Å². The lowest BCUT2D eigenvalue weighted by Gasteiger charge is -2.44. The van der Waals surface area contributed by atoms with E-state index in [9.17, 15) is 4.79 Å². The number of fused-ring (bicyclic) bond motifs is 4. The van der Waals surface area contributed by atoms with Crippen molar-refractivity contribution in [3.05, 3.63) is 29.5 Å². The number of ether oxygens (including phenoxy) is 1. The molecule has 1 unspecified atom stereocenters. The highest BCUT2D eigenvalue weighted by atomic mass is 16.5. The number of rotatable bonds is 3. The number of piperidine rings is 3. The van der Waals surface area contributed by atoms with E-state index in [2.05, 4.69) is 14.8 Å². The third-order valence-corrected chi connectivity index (χ3v) is 5.90. The normalized spacial score (nSPS) is 25.9. The van der Waals surface area contributed by atoms with Crippen molar-refractivity contribution in [1.29, 1.82) is 0 Å². The van der Waals surface area contributed by atoms with E-state index in [-0.39, 0.29) is 11.9 Å². The molecule has 24 heavy (non-hydrogen) atoms. The quantitative estimate of drug-likeness (QED) is 0.941. The van der Waals surface area contributed by atoms with E-state index >= 15 is 0 Å². The minimum Gasteiger partial charge on any atom is -0.497 e. The standard InChI is InChI=1S/C19H25N3O2/c1-12-18(15-10-14(24-3)4-5-17(15)21(12)2)19(23)20-16-11-22-8-6-13(16)7-9-22/h4-5,10,13,16H,6-9,11H2,1-3H3,(H,20,23). The van der Waals surface area contributed by atoms with Crippen LogP contribution in [0.25, 0.3) is 10.9 Å². The number of methoxy groups -OCH3 is 1. The highest BCUT2D eigenvalue weighted by Crippen LogP contribution is 2.31. The van der Waals surface area contributed by atoms with Crippen molar-refractivity contribution in [2.75, 3.05) is 26.7 Å². The van der Waals surface area contributed by atoms with Crippen LogP contribution in [0, 0.1) is 12.8 Å². The van der Waals surface area contributed by atoms with Crippen molar-refractivity contribution in [2.24, 2.45) is 13.0 Å². The van der Waals surface area contributed by atoms with Gasteiger partial charge in [0.05, 0.1) is 12.7 Å². The fraction of sp³-hybridized carbons (Fsp3) is 0.526. The topological polar surface area (TPSA) is 46.5 Å². The Balaban J connectivity index is 1.67. The second-order valence-corrected chi connectivity index (χ2v) is 7.12. The zero-order chi connectivity index (χ0) is 16.8. The smallest absolute Gasteiger partial charge is 0.254 e. The number of carbonyl (C=O) groups is 1. The van der Waals surface area contributed by atoms with Crippen LogP contribution in [0.5, 0.6) is 5.75 Å². The average molecular weight is 327 g/mol. The first-order valence-corrected chi connectivity index (χ1v) is 8.74. The molecule has 0 saturated carbocycles. The Labute approximate surface area is 142 Å². The predicted octanol–water partition coefficient (Wildman–Crippen LogP) is 2.32. The SMILES string of the molecule is COc1ccc2c(c1)c(C(=O)NC1CN3CCC1CC3)c(C)n2C. The molecule has 1 aromatic carbocycles. The van der Waals surface area contributed by atoms with Gasteiger partial charge >= 0.3 is 0 Å². The lowest BCUT2D eigenvalue weighted by atomic mass is 9.84. The molecular formula is C19H25N3O2. The number of aromatic nitrogens is 1. The van der Waals surface area contributed by atoms with Gasteiger partial charge in [-0.1, -0.05) is 0 Å². The fourth-order valence-corrected chi connectivity index (χ4v) is 4.33. The molecule has 3 saturated heterocycles. The van der Waals surface area contributed by atoms with Crippen molar-refractivity contribution in [3.8, 4) is 5.75 Å². The van der Waals surface area contributed by atoms with E-state index in [1.165, 1.54) is 25.9 Å². The Morgan fingerprint density at radius 1 is 1.29 bits per heavy atom. The highest BCUT2D eigenvalue weighted by molar-refractivity contribution is 6.08. The largest absolute Gasteiger partial charge is 0.497 e. The number of carbonyl (C=O) groups excluding carboxylic acids is 1. The summed E-state index contributed by atoms with van der Waals surface area (Å²) < 4.78 is 7.43. The summed E-state index contributed by atoms with van der Waals surface area (Å²) >= 11 is 0. The summed E-state index contributed by atoms with van der Waals surface area (Å²) in [5.41, 5.74) is 2.84. The van der Waals surface area contributed by atoms with Gasteiger partial charge < -0.3 is 19.5 Å². The Bertz CT molecular complexity index is 787. The van der Waals surface area contributed by atoms with E-state index in [0.717, 1.165) is 34.5 Å². The Morgan fingerprint density at radius 2 is 2.04 bits per heavy atom. The second kappa shape index (κ2) is 5.81. The van der Waals surface area contributed by atoms with Crippen molar-refractivity contribution in [2.45, 2.75) is 25.8 Å². The molecule has 0 radical (unpaired) electrons. The number of nitrogens with one attached hydrogen (secondary N) is 1. The molecular weight excluding hydrogens is 302 g/mol. The zero-order valence-corrected chi connectivity index (χ0v) is 14.6. The molecule has 0 spiro atoms. The number of aryl methyl sites for hydroxylation is 1. The first kappa shape index (κ1) is 15.5. The molecule has 3 aliphatic rings. The van der Waals surface area contributed by atoms with Gasteiger partial charge in [-0.15, -0.1) is 0 Å². The van der Waals surface area contributed by atoms with Gasteiger partial charge in [-0.2, -0.15) is 0 Å². The van der Waals surface area contributed by atoms with E-state index in [0.29, 0.717) is 5.92 Å². The molecule has 0 aliphatic carbocycles. The average Bonchev–Trinajstić information content (AvgIpc) is 2.86. The van der Waals surface area contributed by atoms with Crippen LogP contribution in [-0.4, -0.2) is 48.2 Å². The summed E-state index contributed by atoms with van der Waals surface area (Å²) in [6, 6.07) is 6.21. The van der Waals surface area contributed by atoms with Gasteiger partial charge in [0.15, 0.2) is 0 Å². The van der Waals surface area contributed by atoms with E-state index in [1.807, 2.05) is 32.2 Å². The number of amides is 1. The molecule has 1 N–H and O–H groups in total. The van der Waals surface area contributed by atoms with Crippen molar-refractivity contribution >= 4 is 16.8 Å². The fourth-order valence-electron chi connectivity index (χ4n) is 4.33. The summed E-state index contributed by atoms with van der Waals surface area (Å²) in [6.07, 6.45) is 2.40. The number of hydrogen-bond acceptors (Lipinski definition) is 3. The Hall–Kier alpha value is -2.01. The van der Waals surface area contributed by atoms with Gasteiger partial charge in [-0.05, 0) is 57.0 Å². The van der Waals surface area contributed by atoms with E-state index in [4.69, 9.17) is 4.74 Å². The summed E-state index contributed by atoms with van der Waals surface area (Å²) in [5, 5.41) is 4.28. The summed E-state index contributed by atoms with van der Waals surface area (Å²) in [6.45, 7) is 5.37. The molecule has 1 amide bonds. The van der Waals surface area contributed by atoms with Crippen LogP contribution in [0.1, 0.15) is 28.9 Å². The molecule has 3 fully saturated rings. The molecule has 5 nitrogen and oxygen atoms in total. The summed E-state index contributed by atoms with van der Waals surface area (Å²) in [7, 11) is 3.67. The van der Waals surface area contributed by atoms with Gasteiger partial charge in [0.2, 0.25) is 0 Å². The first-order valence-electron chi connectivity index (χ1n) is 8.74. The van der Waals surface area contributed by atoms with Crippen molar-refractivity contribution < 1.29 is 9.53 Å². The maximum absolute atomic E-state index is 13.1. The van der Waals surface area contributed by atoms with Gasteiger partial charge in [-0.25, -0.2) is 0 Å². The monoisotopic (exact) mass is 327 g/mol. The first-order chi connectivity index (χ1) is 11.6. The minimum absolute atomic E-state index is 0.0464. The summed E-state index contributed by atoms with van der Waals surface area (Å²) in [5.74, 6) is 1.46. The molecule has 128 valence electrons. The van der Waals surface area contributed by atoms with Crippen molar-refractivity contribution in [1.82, 2.24) is 14.8 Å². The van der Waals surface area contributed by atoms with Crippen molar-refractivity contribution in [3.63, 3.8) is 0 Å². The van der Waals surface area contributed by atoms with Gasteiger partial charge in [-0.3, -0.25) is 4.79 Å². The highest BCUT2D eigenvalue weighted by Gasteiger charge is 2.35. The van der Waals surface area contributed by atoms with Crippen LogP contribution >= 0.6 is 0 Å². The van der Waals surface area contributed by atoms with Gasteiger partial charge in [0, 0.05) is 36.2 Å². The molecule has 1 aromatic heterocycles.